The van der Waals surface area contributed by atoms with E-state index in [0.717, 1.165) is 11.1 Å². The molecule has 2 rings (SSSR count). The van der Waals surface area contributed by atoms with E-state index in [4.69, 9.17) is 5.11 Å². The van der Waals surface area contributed by atoms with E-state index < -0.39 is 5.97 Å². The van der Waals surface area contributed by atoms with Gasteiger partial charge in [0, 0.05) is 22.8 Å². The largest absolute Gasteiger partial charge is 0.481 e. The molecular weight excluding hydrogens is 276 g/mol. The maximum atomic E-state index is 11.8. The van der Waals surface area contributed by atoms with E-state index in [9.17, 15) is 9.59 Å². The zero-order chi connectivity index (χ0) is 14.5. The van der Waals surface area contributed by atoms with Crippen molar-refractivity contribution >= 4 is 39.1 Å². The zero-order valence-electron chi connectivity index (χ0n) is 11.1. The molecule has 106 valence electrons. The number of hydrogen-bond acceptors (Lipinski definition) is 3. The molecule has 1 aromatic heterocycles. The second kappa shape index (κ2) is 6.38. The number of amides is 2. The number of hydrogen-bond donors (Lipinski definition) is 3. The number of anilines is 1. The summed E-state index contributed by atoms with van der Waals surface area (Å²) in [6.07, 6.45) is 0.453. The summed E-state index contributed by atoms with van der Waals surface area (Å²) >= 11 is 1.65. The second-order valence-electron chi connectivity index (χ2n) is 4.61. The average molecular weight is 292 g/mol. The number of carbonyl (C=O) groups is 2. The molecule has 20 heavy (non-hydrogen) atoms. The third-order valence-corrected chi connectivity index (χ3v) is 3.78. The molecule has 0 aliphatic rings. The molecule has 2 amide bonds. The van der Waals surface area contributed by atoms with Crippen LogP contribution in [0.1, 0.15) is 19.8 Å². The predicted molar refractivity (Wildman–Crippen MR) is 80.3 cm³/mol. The molecule has 6 heteroatoms. The van der Waals surface area contributed by atoms with Gasteiger partial charge in [0.15, 0.2) is 0 Å². The minimum atomic E-state index is -0.859. The number of urea groups is 1. The number of carboxylic acids is 1. The smallest absolute Gasteiger partial charge is 0.319 e. The molecule has 0 radical (unpaired) electrons. The van der Waals surface area contributed by atoms with Crippen molar-refractivity contribution in [2.75, 3.05) is 5.32 Å². The number of thiophene rings is 1. The second-order valence-corrected chi connectivity index (χ2v) is 5.55. The lowest BCUT2D eigenvalue weighted by atomic mass is 10.2. The minimum absolute atomic E-state index is 0.0440. The summed E-state index contributed by atoms with van der Waals surface area (Å²) in [6.45, 7) is 1.78. The quantitative estimate of drug-likeness (QED) is 0.791. The van der Waals surface area contributed by atoms with Gasteiger partial charge in [-0.25, -0.2) is 4.79 Å². The first-order valence-electron chi connectivity index (χ1n) is 6.31. The van der Waals surface area contributed by atoms with Crippen molar-refractivity contribution in [3.05, 3.63) is 29.6 Å². The van der Waals surface area contributed by atoms with E-state index in [-0.39, 0.29) is 18.5 Å². The van der Waals surface area contributed by atoms with Crippen molar-refractivity contribution in [3.8, 4) is 0 Å². The Hall–Kier alpha value is -2.08. The Labute approximate surface area is 120 Å². The van der Waals surface area contributed by atoms with Crippen molar-refractivity contribution in [3.63, 3.8) is 0 Å². The van der Waals surface area contributed by atoms with Crippen LogP contribution < -0.4 is 10.6 Å². The van der Waals surface area contributed by atoms with E-state index in [1.54, 1.807) is 18.3 Å². The minimum Gasteiger partial charge on any atom is -0.481 e. The van der Waals surface area contributed by atoms with Crippen molar-refractivity contribution in [2.45, 2.75) is 25.8 Å². The van der Waals surface area contributed by atoms with E-state index >= 15 is 0 Å². The van der Waals surface area contributed by atoms with Gasteiger partial charge in [0.05, 0.1) is 0 Å². The fourth-order valence-electron chi connectivity index (χ4n) is 1.85. The summed E-state index contributed by atoms with van der Waals surface area (Å²) in [4.78, 5) is 22.2. The lowest BCUT2D eigenvalue weighted by molar-refractivity contribution is -0.137. The van der Waals surface area contributed by atoms with E-state index in [1.807, 2.05) is 29.6 Å². The van der Waals surface area contributed by atoms with E-state index in [0.29, 0.717) is 6.42 Å². The van der Waals surface area contributed by atoms with Gasteiger partial charge in [0.25, 0.3) is 0 Å². The van der Waals surface area contributed by atoms with Crippen LogP contribution in [-0.4, -0.2) is 23.1 Å². The molecule has 0 saturated carbocycles. The average Bonchev–Trinajstić information content (AvgIpc) is 2.83. The molecule has 2 aromatic rings. The standard InChI is InChI=1S/C14H16N2O3S/c1-9(2-5-13(17)18)15-14(19)16-11-3-4-12-10(8-11)6-7-20-12/h3-4,6-9H,2,5H2,1H3,(H,17,18)(H2,15,16,19). The Bertz CT molecular complexity index is 624. The number of benzene rings is 1. The Morgan fingerprint density at radius 2 is 2.15 bits per heavy atom. The summed E-state index contributed by atoms with van der Waals surface area (Å²) in [5, 5.41) is 17.1. The van der Waals surface area contributed by atoms with Gasteiger partial charge in [-0.15, -0.1) is 11.3 Å². The number of carboxylic acid groups (broad SMARTS) is 1. The molecule has 0 fully saturated rings. The highest BCUT2D eigenvalue weighted by molar-refractivity contribution is 7.17. The number of fused-ring (bicyclic) bond motifs is 1. The Balaban J connectivity index is 1.88. The van der Waals surface area contributed by atoms with Gasteiger partial charge >= 0.3 is 12.0 Å². The van der Waals surface area contributed by atoms with Crippen LogP contribution in [0.5, 0.6) is 0 Å². The van der Waals surface area contributed by atoms with Crippen LogP contribution in [0.25, 0.3) is 10.1 Å². The molecule has 1 atom stereocenters. The molecule has 0 aliphatic heterocycles. The van der Waals surface area contributed by atoms with Crippen LogP contribution in [0.4, 0.5) is 10.5 Å². The Morgan fingerprint density at radius 3 is 2.90 bits per heavy atom. The van der Waals surface area contributed by atoms with Gasteiger partial charge in [-0.1, -0.05) is 0 Å². The molecule has 0 spiro atoms. The monoisotopic (exact) mass is 292 g/mol. The lowest BCUT2D eigenvalue weighted by Gasteiger charge is -2.13. The van der Waals surface area contributed by atoms with Crippen molar-refractivity contribution in [2.24, 2.45) is 0 Å². The van der Waals surface area contributed by atoms with Crippen LogP contribution in [0.3, 0.4) is 0 Å². The van der Waals surface area contributed by atoms with Crippen molar-refractivity contribution in [1.82, 2.24) is 5.32 Å². The van der Waals surface area contributed by atoms with Gasteiger partial charge in [-0.3, -0.25) is 4.79 Å². The van der Waals surface area contributed by atoms with Crippen LogP contribution in [0.2, 0.25) is 0 Å². The van der Waals surface area contributed by atoms with Crippen LogP contribution in [0.15, 0.2) is 29.6 Å². The number of aliphatic carboxylic acids is 1. The van der Waals surface area contributed by atoms with Crippen LogP contribution in [0, 0.1) is 0 Å². The molecule has 0 saturated heterocycles. The van der Waals surface area contributed by atoms with Crippen LogP contribution in [-0.2, 0) is 4.79 Å². The highest BCUT2D eigenvalue weighted by Gasteiger charge is 2.09. The van der Waals surface area contributed by atoms with Crippen molar-refractivity contribution < 1.29 is 14.7 Å². The summed E-state index contributed by atoms with van der Waals surface area (Å²) in [6, 6.07) is 7.21. The maximum absolute atomic E-state index is 11.8. The molecule has 0 bridgehead atoms. The predicted octanol–water partition coefficient (Wildman–Crippen LogP) is 3.28. The van der Waals surface area contributed by atoms with Gasteiger partial charge in [-0.2, -0.15) is 0 Å². The summed E-state index contributed by atoms with van der Waals surface area (Å²) in [5.41, 5.74) is 0.721. The van der Waals surface area contributed by atoms with Crippen molar-refractivity contribution in [1.29, 1.82) is 0 Å². The topological polar surface area (TPSA) is 78.4 Å². The third kappa shape index (κ3) is 3.96. The summed E-state index contributed by atoms with van der Waals surface area (Å²) in [7, 11) is 0. The van der Waals surface area contributed by atoms with Gasteiger partial charge in [0.2, 0.25) is 0 Å². The number of carbonyl (C=O) groups excluding carboxylic acids is 1. The Kier molecular flexibility index (Phi) is 4.57. The summed E-state index contributed by atoms with van der Waals surface area (Å²) < 4.78 is 1.17. The molecule has 1 aromatic carbocycles. The number of rotatable bonds is 5. The van der Waals surface area contributed by atoms with Gasteiger partial charge < -0.3 is 15.7 Å². The first kappa shape index (κ1) is 14.3. The highest BCUT2D eigenvalue weighted by Crippen LogP contribution is 2.23. The SMILES string of the molecule is CC(CCC(=O)O)NC(=O)Nc1ccc2sccc2c1. The maximum Gasteiger partial charge on any atom is 0.319 e. The lowest BCUT2D eigenvalue weighted by Crippen LogP contribution is -2.36. The van der Waals surface area contributed by atoms with E-state index in [1.165, 1.54) is 4.70 Å². The first-order chi connectivity index (χ1) is 9.54. The third-order valence-electron chi connectivity index (χ3n) is 2.88. The molecule has 3 N–H and O–H groups in total. The summed E-state index contributed by atoms with van der Waals surface area (Å²) in [5.74, 6) is -0.859. The normalized spacial score (nSPS) is 12.1. The van der Waals surface area contributed by atoms with Crippen LogP contribution >= 0.6 is 11.3 Å². The molecule has 1 unspecified atom stereocenters. The fourth-order valence-corrected chi connectivity index (χ4v) is 2.62. The molecule has 1 heterocycles. The highest BCUT2D eigenvalue weighted by atomic mass is 32.1. The zero-order valence-corrected chi connectivity index (χ0v) is 11.9. The molecule has 0 aliphatic carbocycles. The molecular formula is C14H16N2O3S. The Morgan fingerprint density at radius 1 is 1.35 bits per heavy atom. The van der Waals surface area contributed by atoms with Gasteiger partial charge in [0.1, 0.15) is 0 Å². The van der Waals surface area contributed by atoms with E-state index in [2.05, 4.69) is 10.6 Å². The number of nitrogens with one attached hydrogen (secondary N) is 2. The fraction of sp³-hybridized carbons (Fsp3) is 0.286. The van der Waals surface area contributed by atoms with Gasteiger partial charge in [-0.05, 0) is 48.4 Å². The molecule has 5 nitrogen and oxygen atoms in total. The first-order valence-corrected chi connectivity index (χ1v) is 7.19.